The van der Waals surface area contributed by atoms with Gasteiger partial charge in [0.05, 0.1) is 42.4 Å². The van der Waals surface area contributed by atoms with Gasteiger partial charge in [0.15, 0.2) is 17.2 Å². The van der Waals surface area contributed by atoms with Gasteiger partial charge >= 0.3 is 18.3 Å². The second-order valence-corrected chi connectivity index (χ2v) is 13.7. The van der Waals surface area contributed by atoms with Crippen molar-refractivity contribution in [2.75, 3.05) is 63.3 Å². The predicted molar refractivity (Wildman–Crippen MR) is 180 cm³/mol. The molecule has 0 bridgehead atoms. The van der Waals surface area contributed by atoms with Crippen molar-refractivity contribution in [3.8, 4) is 22.8 Å². The number of pyridine rings is 2. The fraction of sp³-hybridized carbons (Fsp3) is 0.529. The van der Waals surface area contributed by atoms with Crippen LogP contribution in [0.3, 0.4) is 0 Å². The molecule has 0 spiro atoms. The van der Waals surface area contributed by atoms with E-state index in [1.807, 2.05) is 18.9 Å². The summed E-state index contributed by atoms with van der Waals surface area (Å²) in [6, 6.07) is 1.99. The normalized spacial score (nSPS) is 18.3. The van der Waals surface area contributed by atoms with Gasteiger partial charge in [0.2, 0.25) is 0 Å². The van der Waals surface area contributed by atoms with E-state index in [4.69, 9.17) is 9.84 Å². The summed E-state index contributed by atoms with van der Waals surface area (Å²) in [4.78, 5) is 41.9. The number of carboxylic acid groups (broad SMARTS) is 1. The van der Waals surface area contributed by atoms with E-state index >= 15 is 0 Å². The van der Waals surface area contributed by atoms with Gasteiger partial charge in [0, 0.05) is 70.1 Å². The number of imidazole rings is 1. The number of halogens is 6. The molecule has 4 aromatic rings. The molecule has 2 fully saturated rings. The summed E-state index contributed by atoms with van der Waals surface area (Å²) in [5.41, 5.74) is -2.94. The molecule has 18 heteroatoms. The van der Waals surface area contributed by atoms with Gasteiger partial charge in [-0.15, -0.1) is 0 Å². The SMILES string of the molecule is COCC1(CN(C)c2cc(-c3cnc(C(F)(F)F)c(C(F)(F)F)c3)nc3nc(-c4cnc(N5CCN(CCC(=O)O)C[C@H]5C)cn4)[nH]c23)CCCC1. The number of alkyl halides is 6. The van der Waals surface area contributed by atoms with Gasteiger partial charge < -0.3 is 24.6 Å². The third-order valence-electron chi connectivity index (χ3n) is 9.83. The number of methoxy groups -OCH3 is 1. The number of carbonyl (C=O) groups is 1. The first-order valence-corrected chi connectivity index (χ1v) is 16.9. The minimum Gasteiger partial charge on any atom is -0.481 e. The maximum Gasteiger partial charge on any atom is 0.433 e. The van der Waals surface area contributed by atoms with Crippen LogP contribution in [-0.2, 0) is 21.9 Å². The maximum absolute atomic E-state index is 13.9. The molecular weight excluding hydrogens is 696 g/mol. The second-order valence-electron chi connectivity index (χ2n) is 13.7. The Kier molecular flexibility index (Phi) is 10.3. The molecule has 12 nitrogen and oxygen atoms in total. The number of H-pyrrole nitrogens is 1. The third kappa shape index (κ3) is 7.91. The van der Waals surface area contributed by atoms with E-state index in [1.165, 1.54) is 6.07 Å². The number of carboxylic acids is 1. The van der Waals surface area contributed by atoms with Gasteiger partial charge in [0.1, 0.15) is 17.0 Å². The number of hydrogen-bond donors (Lipinski definition) is 2. The van der Waals surface area contributed by atoms with Crippen LogP contribution in [0.15, 0.2) is 30.7 Å². The molecule has 5 heterocycles. The first-order chi connectivity index (χ1) is 24.6. The zero-order valence-electron chi connectivity index (χ0n) is 28.9. The third-order valence-corrected chi connectivity index (χ3v) is 9.83. The van der Waals surface area contributed by atoms with Crippen LogP contribution in [0, 0.1) is 5.41 Å². The van der Waals surface area contributed by atoms with Crippen molar-refractivity contribution in [3.05, 3.63) is 42.0 Å². The summed E-state index contributed by atoms with van der Waals surface area (Å²) in [7, 11) is 3.47. The van der Waals surface area contributed by atoms with Crippen LogP contribution in [0.4, 0.5) is 37.8 Å². The smallest absolute Gasteiger partial charge is 0.433 e. The molecule has 2 aliphatic rings. The lowest BCUT2D eigenvalue weighted by Gasteiger charge is -2.40. The fourth-order valence-corrected chi connectivity index (χ4v) is 7.38. The van der Waals surface area contributed by atoms with Crippen LogP contribution in [0.25, 0.3) is 33.9 Å². The van der Waals surface area contributed by atoms with Crippen LogP contribution in [0.2, 0.25) is 0 Å². The largest absolute Gasteiger partial charge is 0.481 e. The average molecular weight is 736 g/mol. The molecule has 4 aromatic heterocycles. The van der Waals surface area contributed by atoms with Crippen molar-refractivity contribution in [2.24, 2.45) is 5.41 Å². The van der Waals surface area contributed by atoms with Crippen molar-refractivity contribution < 1.29 is 41.0 Å². The van der Waals surface area contributed by atoms with E-state index in [9.17, 15) is 31.1 Å². The van der Waals surface area contributed by atoms with Gasteiger partial charge in [0.25, 0.3) is 0 Å². The first-order valence-electron chi connectivity index (χ1n) is 16.9. The average Bonchev–Trinajstić information content (AvgIpc) is 3.73. The fourth-order valence-electron chi connectivity index (χ4n) is 7.38. The summed E-state index contributed by atoms with van der Waals surface area (Å²) in [5, 5.41) is 9.02. The molecule has 1 atom stereocenters. The molecule has 280 valence electrons. The molecular formula is C34H39F6N9O3. The van der Waals surface area contributed by atoms with Gasteiger partial charge in [-0.2, -0.15) is 26.3 Å². The lowest BCUT2D eigenvalue weighted by Crippen LogP contribution is -2.52. The van der Waals surface area contributed by atoms with Gasteiger partial charge in [-0.3, -0.25) is 14.7 Å². The van der Waals surface area contributed by atoms with E-state index in [0.717, 1.165) is 31.9 Å². The number of nitrogens with one attached hydrogen (secondary N) is 1. The highest BCUT2D eigenvalue weighted by atomic mass is 19.4. The number of rotatable bonds is 11. The Morgan fingerprint density at radius 2 is 1.77 bits per heavy atom. The number of aromatic nitrogens is 6. The highest BCUT2D eigenvalue weighted by Gasteiger charge is 2.45. The van der Waals surface area contributed by atoms with Crippen LogP contribution in [-0.4, -0.2) is 105 Å². The predicted octanol–water partition coefficient (Wildman–Crippen LogP) is 6.14. The quantitative estimate of drug-likeness (QED) is 0.172. The Morgan fingerprint density at radius 1 is 1.02 bits per heavy atom. The molecule has 0 amide bonds. The number of nitrogens with zero attached hydrogens (tertiary/aromatic N) is 8. The minimum atomic E-state index is -5.32. The van der Waals surface area contributed by atoms with E-state index in [2.05, 4.69) is 39.7 Å². The van der Waals surface area contributed by atoms with E-state index in [1.54, 1.807) is 19.5 Å². The Morgan fingerprint density at radius 3 is 2.38 bits per heavy atom. The molecule has 1 saturated heterocycles. The number of aromatic amines is 1. The van der Waals surface area contributed by atoms with Crippen molar-refractivity contribution >= 4 is 28.6 Å². The molecule has 52 heavy (non-hydrogen) atoms. The Balaban J connectivity index is 1.36. The van der Waals surface area contributed by atoms with Crippen LogP contribution in [0.1, 0.15) is 50.3 Å². The summed E-state index contributed by atoms with van der Waals surface area (Å²) in [6.07, 6.45) is -2.80. The van der Waals surface area contributed by atoms with Crippen LogP contribution in [0.5, 0.6) is 0 Å². The van der Waals surface area contributed by atoms with Crippen molar-refractivity contribution in [1.29, 1.82) is 0 Å². The number of ether oxygens (including phenoxy) is 1. The van der Waals surface area contributed by atoms with Crippen molar-refractivity contribution in [2.45, 2.75) is 57.4 Å². The van der Waals surface area contributed by atoms with Crippen molar-refractivity contribution in [3.63, 3.8) is 0 Å². The van der Waals surface area contributed by atoms with E-state index in [-0.39, 0.29) is 40.6 Å². The Hall–Kier alpha value is -4.58. The number of fused-ring (bicyclic) bond motifs is 1. The van der Waals surface area contributed by atoms with Crippen LogP contribution >= 0.6 is 0 Å². The summed E-state index contributed by atoms with van der Waals surface area (Å²) in [6.45, 7) is 5.47. The van der Waals surface area contributed by atoms with Gasteiger partial charge in [-0.05, 0) is 31.9 Å². The van der Waals surface area contributed by atoms with Gasteiger partial charge in [-0.1, -0.05) is 12.8 Å². The number of piperazine rings is 1. The Labute approximate surface area is 295 Å². The zero-order chi connectivity index (χ0) is 37.4. The number of aliphatic carboxylic acids is 1. The topological polar surface area (TPSA) is 136 Å². The number of hydrogen-bond acceptors (Lipinski definition) is 10. The summed E-state index contributed by atoms with van der Waals surface area (Å²) in [5.74, 6) is 0.0681. The molecule has 1 aliphatic heterocycles. The van der Waals surface area contributed by atoms with E-state index < -0.39 is 29.6 Å². The zero-order valence-corrected chi connectivity index (χ0v) is 28.9. The Bertz CT molecular complexity index is 1890. The van der Waals surface area contributed by atoms with Gasteiger partial charge in [-0.25, -0.2) is 19.9 Å². The maximum atomic E-state index is 13.9. The summed E-state index contributed by atoms with van der Waals surface area (Å²) < 4.78 is 87.8. The standard InChI is InChI=1S/C34H39F6N9O3/c1-20-17-48(9-6-27(50)51)10-11-49(20)26-16-41-24(15-42-26)30-45-28-25(47(2)18-32(19-52-3)7-4-5-8-32)13-23(44-31(28)46-30)21-12-22(33(35,36)37)29(43-14-21)34(38,39)40/h12-16,20H,4-11,17-19H2,1-3H3,(H,50,51)(H,44,45,46)/t20-/m1/s1. The molecule has 2 N–H and O–H groups in total. The molecule has 0 radical (unpaired) electrons. The number of anilines is 2. The lowest BCUT2D eigenvalue weighted by atomic mass is 9.86. The molecule has 6 rings (SSSR count). The highest BCUT2D eigenvalue weighted by molar-refractivity contribution is 5.91. The lowest BCUT2D eigenvalue weighted by molar-refractivity contribution is -0.164. The molecule has 1 saturated carbocycles. The van der Waals surface area contributed by atoms with Crippen LogP contribution < -0.4 is 9.80 Å². The monoisotopic (exact) mass is 735 g/mol. The molecule has 0 unspecified atom stereocenters. The van der Waals surface area contributed by atoms with Crippen molar-refractivity contribution in [1.82, 2.24) is 34.8 Å². The molecule has 1 aliphatic carbocycles. The highest BCUT2D eigenvalue weighted by Crippen LogP contribution is 2.43. The van der Waals surface area contributed by atoms with E-state index in [0.29, 0.717) is 68.1 Å². The minimum absolute atomic E-state index is 0.0377. The first kappa shape index (κ1) is 37.2. The second kappa shape index (κ2) is 14.4. The molecule has 0 aromatic carbocycles. The summed E-state index contributed by atoms with van der Waals surface area (Å²) >= 11 is 0.